The van der Waals surface area contributed by atoms with E-state index < -0.39 is 0 Å². The maximum atomic E-state index is 2.51. The molecule has 12 rings (SSSR count). The Morgan fingerprint density at radius 3 is 1.03 bits per heavy atom. The Kier molecular flexibility index (Phi) is 9.44. The van der Waals surface area contributed by atoms with Gasteiger partial charge in [0, 0.05) is 51.7 Å². The molecule has 1 nitrogen and oxygen atoms in total. The van der Waals surface area contributed by atoms with Crippen molar-refractivity contribution in [2.24, 2.45) is 0 Å². The van der Waals surface area contributed by atoms with E-state index in [-0.39, 0.29) is 6.04 Å². The molecule has 1 aliphatic rings. The molecule has 0 saturated heterocycles. The molecule has 11 aromatic rings. The minimum atomic E-state index is 0.152. The lowest BCUT2D eigenvalue weighted by Crippen LogP contribution is -2.30. The van der Waals surface area contributed by atoms with Crippen LogP contribution >= 0.6 is 22.7 Å². The van der Waals surface area contributed by atoms with Gasteiger partial charge in [0.1, 0.15) is 0 Å². The first-order valence-electron chi connectivity index (χ1n) is 21.7. The zero-order valence-electron chi connectivity index (χ0n) is 34.5. The first-order valence-corrected chi connectivity index (χ1v) is 23.3. The van der Waals surface area contributed by atoms with E-state index in [1.54, 1.807) is 0 Å². The number of anilines is 2. The summed E-state index contributed by atoms with van der Waals surface area (Å²) in [5.74, 6) is 0. The van der Waals surface area contributed by atoms with Gasteiger partial charge in [0.15, 0.2) is 0 Å². The molecule has 0 spiro atoms. The van der Waals surface area contributed by atoms with Gasteiger partial charge in [-0.3, -0.25) is 0 Å². The van der Waals surface area contributed by atoms with Gasteiger partial charge in [-0.15, -0.1) is 22.7 Å². The van der Waals surface area contributed by atoms with Gasteiger partial charge >= 0.3 is 0 Å². The van der Waals surface area contributed by atoms with Crippen LogP contribution in [0, 0.1) is 0 Å². The number of hydrogen-bond donors (Lipinski definition) is 0. The highest BCUT2D eigenvalue weighted by Gasteiger charge is 2.22. The van der Waals surface area contributed by atoms with Crippen LogP contribution in [0.25, 0.3) is 90.4 Å². The number of benzene rings is 9. The van der Waals surface area contributed by atoms with Crippen LogP contribution in [0.1, 0.15) is 12.0 Å². The molecule has 2 aromatic heterocycles. The van der Waals surface area contributed by atoms with E-state index in [9.17, 15) is 0 Å². The second kappa shape index (κ2) is 15.9. The Labute approximate surface area is 375 Å². The first-order chi connectivity index (χ1) is 31.2. The summed E-state index contributed by atoms with van der Waals surface area (Å²) in [6.07, 6.45) is 7.99. The maximum Gasteiger partial charge on any atom is 0.0560 e. The van der Waals surface area contributed by atoms with Crippen LogP contribution in [0.3, 0.4) is 0 Å². The fourth-order valence-corrected chi connectivity index (χ4v) is 12.3. The topological polar surface area (TPSA) is 3.24 Å². The highest BCUT2D eigenvalue weighted by molar-refractivity contribution is 7.27. The highest BCUT2D eigenvalue weighted by Crippen LogP contribution is 2.46. The molecule has 0 bridgehead atoms. The van der Waals surface area contributed by atoms with Crippen LogP contribution in [-0.4, -0.2) is 6.04 Å². The van der Waals surface area contributed by atoms with Crippen LogP contribution in [0.5, 0.6) is 0 Å². The van der Waals surface area contributed by atoms with Gasteiger partial charge in [0.2, 0.25) is 0 Å². The van der Waals surface area contributed by atoms with Crippen molar-refractivity contribution in [2.45, 2.75) is 12.5 Å². The smallest absolute Gasteiger partial charge is 0.0560 e. The molecule has 0 saturated carbocycles. The second-order valence-corrected chi connectivity index (χ2v) is 18.4. The summed E-state index contributed by atoms with van der Waals surface area (Å²) in [6, 6.07) is 78.0. The molecule has 0 aliphatic heterocycles. The molecule has 1 aliphatic carbocycles. The summed E-state index contributed by atoms with van der Waals surface area (Å²) in [4.78, 5) is 2.51. The zero-order valence-corrected chi connectivity index (χ0v) is 36.1. The van der Waals surface area contributed by atoms with E-state index in [1.807, 2.05) is 22.7 Å². The number of rotatable bonds is 8. The van der Waals surface area contributed by atoms with Crippen molar-refractivity contribution in [1.82, 2.24) is 0 Å². The van der Waals surface area contributed by atoms with Crippen LogP contribution < -0.4 is 4.90 Å². The van der Waals surface area contributed by atoms with Crippen molar-refractivity contribution in [3.63, 3.8) is 0 Å². The predicted molar refractivity (Wildman–Crippen MR) is 275 cm³/mol. The fraction of sp³-hybridized carbons (Fsp3) is 0.0333. The monoisotopic (exact) mass is 839 g/mol. The summed E-state index contributed by atoms with van der Waals surface area (Å²) >= 11 is 3.82. The fourth-order valence-electron chi connectivity index (χ4n) is 9.57. The van der Waals surface area contributed by atoms with Gasteiger partial charge in [-0.05, 0) is 86.3 Å². The third-order valence-corrected chi connectivity index (χ3v) is 15.2. The summed E-state index contributed by atoms with van der Waals surface area (Å²) < 4.78 is 5.33. The lowest BCUT2D eigenvalue weighted by atomic mass is 9.95. The molecule has 9 aromatic carbocycles. The van der Waals surface area contributed by atoms with Crippen LogP contribution in [0.2, 0.25) is 0 Å². The van der Waals surface area contributed by atoms with Gasteiger partial charge in [-0.25, -0.2) is 0 Å². The summed E-state index contributed by atoms with van der Waals surface area (Å²) in [7, 11) is 0. The zero-order chi connectivity index (χ0) is 41.7. The Balaban J connectivity index is 0.920. The average Bonchev–Trinajstić information content (AvgIpc) is 3.95. The van der Waals surface area contributed by atoms with Crippen molar-refractivity contribution in [1.29, 1.82) is 0 Å². The average molecular weight is 840 g/mol. The van der Waals surface area contributed by atoms with Crippen molar-refractivity contribution in [3.05, 3.63) is 236 Å². The van der Waals surface area contributed by atoms with Crippen molar-refractivity contribution < 1.29 is 0 Å². The van der Waals surface area contributed by atoms with Gasteiger partial charge in [-0.1, -0.05) is 206 Å². The molecule has 0 fully saturated rings. The molecular formula is C60H41NS2. The predicted octanol–water partition coefficient (Wildman–Crippen LogP) is 17.6. The molecule has 2 heterocycles. The molecule has 1 atom stereocenters. The third-order valence-electron chi connectivity index (χ3n) is 12.6. The number of hydrogen-bond acceptors (Lipinski definition) is 3. The first kappa shape index (κ1) is 37.5. The SMILES string of the molecule is C1=CC(N(c2ccc(-c3cccc4c3sc3c(-c5ccccc5)cccc34)cc2)c2ccc(-c3cccc4c3sc3c(-c5ccccc5)cccc34)cc2)CC=C1c1ccccc1. The van der Waals surface area contributed by atoms with Gasteiger partial charge in [0.05, 0.1) is 6.04 Å². The van der Waals surface area contributed by atoms with Crippen molar-refractivity contribution >= 4 is 80.0 Å². The molecule has 0 amide bonds. The highest BCUT2D eigenvalue weighted by atomic mass is 32.1. The lowest BCUT2D eigenvalue weighted by molar-refractivity contribution is 0.787. The van der Waals surface area contributed by atoms with Crippen molar-refractivity contribution in [3.8, 4) is 44.5 Å². The van der Waals surface area contributed by atoms with E-state index >= 15 is 0 Å². The molecule has 0 N–H and O–H groups in total. The standard InChI is InChI=1S/C60H41NS2/c1-4-14-40(15-5-1)41-28-34-46(35-29-41)61(47-36-30-44(31-37-47)51-22-12-26-55-53-24-10-20-49(57(53)62-59(51)55)42-16-6-2-7-17-42)48-38-32-45(33-39-48)52-23-13-27-56-54-25-11-21-50(58(54)63-60(52)56)43-18-8-3-9-19-43/h1-34,36-39,46H,35H2. The van der Waals surface area contributed by atoms with Crippen LogP contribution in [-0.2, 0) is 0 Å². The Bertz CT molecular complexity index is 3300. The van der Waals surface area contributed by atoms with Crippen LogP contribution in [0.4, 0.5) is 11.4 Å². The molecule has 63 heavy (non-hydrogen) atoms. The largest absolute Gasteiger partial charge is 0.334 e. The van der Waals surface area contributed by atoms with E-state index in [0.29, 0.717) is 0 Å². The van der Waals surface area contributed by atoms with E-state index in [1.165, 1.54) is 107 Å². The second-order valence-electron chi connectivity index (χ2n) is 16.3. The lowest BCUT2D eigenvalue weighted by Gasteiger charge is -2.33. The van der Waals surface area contributed by atoms with Crippen LogP contribution in [0.15, 0.2) is 231 Å². The van der Waals surface area contributed by atoms with Gasteiger partial charge in [-0.2, -0.15) is 0 Å². The minimum absolute atomic E-state index is 0.152. The molecule has 0 radical (unpaired) electrons. The minimum Gasteiger partial charge on any atom is -0.334 e. The normalized spacial score (nSPS) is 13.8. The Hall–Kier alpha value is -7.30. The Morgan fingerprint density at radius 2 is 0.683 bits per heavy atom. The Morgan fingerprint density at radius 1 is 0.333 bits per heavy atom. The molecule has 298 valence electrons. The van der Waals surface area contributed by atoms with E-state index in [0.717, 1.165) is 6.42 Å². The summed E-state index contributed by atoms with van der Waals surface area (Å²) in [5, 5.41) is 5.26. The van der Waals surface area contributed by atoms with Gasteiger partial charge in [0.25, 0.3) is 0 Å². The third kappa shape index (κ3) is 6.69. The summed E-state index contributed by atoms with van der Waals surface area (Å²) in [6.45, 7) is 0. The van der Waals surface area contributed by atoms with E-state index in [4.69, 9.17) is 0 Å². The number of fused-ring (bicyclic) bond motifs is 6. The number of allylic oxidation sites excluding steroid dienone is 2. The number of thiophene rings is 2. The van der Waals surface area contributed by atoms with E-state index in [2.05, 4.69) is 235 Å². The molecule has 1 unspecified atom stereocenters. The molecular weight excluding hydrogens is 799 g/mol. The quantitative estimate of drug-likeness (QED) is 0.147. The maximum absolute atomic E-state index is 2.51. The van der Waals surface area contributed by atoms with Crippen molar-refractivity contribution in [2.75, 3.05) is 4.90 Å². The number of nitrogens with zero attached hydrogens (tertiary/aromatic N) is 1. The molecule has 3 heteroatoms. The summed E-state index contributed by atoms with van der Waals surface area (Å²) in [5.41, 5.74) is 15.0. The van der Waals surface area contributed by atoms with Gasteiger partial charge < -0.3 is 4.90 Å².